The van der Waals surface area contributed by atoms with Gasteiger partial charge < -0.3 is 0 Å². The number of H-pyrrole nitrogens is 1. The average Bonchev–Trinajstić information content (AvgIpc) is 3.44. The molecule has 11 heteroatoms. The molecule has 0 atom stereocenters. The lowest BCUT2D eigenvalue weighted by Crippen LogP contribution is -2.23. The zero-order valence-electron chi connectivity index (χ0n) is 17.6. The van der Waals surface area contributed by atoms with Crippen molar-refractivity contribution < 1.29 is 14.0 Å². The molecule has 0 aliphatic heterocycles. The van der Waals surface area contributed by atoms with Gasteiger partial charge in [-0.3, -0.25) is 24.9 Å². The van der Waals surface area contributed by atoms with E-state index in [9.17, 15) is 14.0 Å². The Balaban J connectivity index is 1.44. The van der Waals surface area contributed by atoms with E-state index in [0.29, 0.717) is 17.2 Å². The summed E-state index contributed by atoms with van der Waals surface area (Å²) in [6.07, 6.45) is 2.74. The zero-order valence-corrected chi connectivity index (χ0v) is 18.4. The van der Waals surface area contributed by atoms with Crippen molar-refractivity contribution in [3.63, 3.8) is 0 Å². The maximum atomic E-state index is 14.2. The van der Waals surface area contributed by atoms with Gasteiger partial charge in [0.2, 0.25) is 11.9 Å². The predicted octanol–water partition coefficient (Wildman–Crippen LogP) is 4.11. The third kappa shape index (κ3) is 5.15. The molecule has 33 heavy (non-hydrogen) atoms. The van der Waals surface area contributed by atoms with Crippen molar-refractivity contribution in [2.24, 2.45) is 0 Å². The van der Waals surface area contributed by atoms with Crippen LogP contribution in [0.1, 0.15) is 18.3 Å². The summed E-state index contributed by atoms with van der Waals surface area (Å²) in [7, 11) is 0. The van der Waals surface area contributed by atoms with Gasteiger partial charge >= 0.3 is 0 Å². The topological polar surface area (TPSA) is 117 Å². The molecule has 0 bridgehead atoms. The molecule has 0 spiro atoms. The Kier molecular flexibility index (Phi) is 6.31. The molecule has 1 aromatic carbocycles. The monoisotopic (exact) mass is 463 g/mol. The fourth-order valence-corrected chi connectivity index (χ4v) is 3.76. The average molecular weight is 463 g/mol. The number of carbonyl (C=O) groups excluding carboxylic acids is 2. The Morgan fingerprint density at radius 2 is 1.94 bits per heavy atom. The van der Waals surface area contributed by atoms with Gasteiger partial charge in [0.05, 0.1) is 11.4 Å². The van der Waals surface area contributed by atoms with E-state index in [1.54, 1.807) is 23.6 Å². The molecule has 2 amide bonds. The van der Waals surface area contributed by atoms with Crippen LogP contribution in [-0.4, -0.2) is 37.0 Å². The predicted molar refractivity (Wildman–Crippen MR) is 123 cm³/mol. The van der Waals surface area contributed by atoms with Crippen LogP contribution in [0.2, 0.25) is 0 Å². The Morgan fingerprint density at radius 1 is 1.12 bits per heavy atom. The molecule has 0 saturated heterocycles. The number of halogens is 1. The number of hydrogen-bond donors (Lipinski definition) is 2. The van der Waals surface area contributed by atoms with Crippen LogP contribution < -0.4 is 10.2 Å². The summed E-state index contributed by atoms with van der Waals surface area (Å²) >= 11 is 1.15. The first-order chi connectivity index (χ1) is 15.9. The number of anilines is 3. The molecule has 0 aliphatic carbocycles. The summed E-state index contributed by atoms with van der Waals surface area (Å²) in [6, 6.07) is 11.4. The number of hydrogen-bond acceptors (Lipinski definition) is 7. The van der Waals surface area contributed by atoms with Crippen LogP contribution >= 0.6 is 11.3 Å². The van der Waals surface area contributed by atoms with E-state index in [-0.39, 0.29) is 22.7 Å². The van der Waals surface area contributed by atoms with Crippen LogP contribution in [-0.2, 0) is 9.59 Å². The van der Waals surface area contributed by atoms with E-state index in [2.05, 4.69) is 30.5 Å². The lowest BCUT2D eigenvalue weighted by molar-refractivity contribution is -0.116. The molecule has 4 aromatic rings. The summed E-state index contributed by atoms with van der Waals surface area (Å²) in [5.41, 5.74) is 1.99. The van der Waals surface area contributed by atoms with E-state index in [4.69, 9.17) is 0 Å². The van der Waals surface area contributed by atoms with Crippen molar-refractivity contribution in [1.29, 1.82) is 0 Å². The Morgan fingerprint density at radius 3 is 2.70 bits per heavy atom. The van der Waals surface area contributed by atoms with Crippen LogP contribution in [0.4, 0.5) is 21.2 Å². The van der Waals surface area contributed by atoms with E-state index in [1.165, 1.54) is 36.1 Å². The first kappa shape index (κ1) is 22.0. The highest BCUT2D eigenvalue weighted by Crippen LogP contribution is 2.31. The van der Waals surface area contributed by atoms with E-state index < -0.39 is 11.7 Å². The molecule has 3 heterocycles. The zero-order chi connectivity index (χ0) is 23.4. The number of amides is 2. The first-order valence-corrected chi connectivity index (χ1v) is 10.6. The van der Waals surface area contributed by atoms with Gasteiger partial charge in [0.25, 0.3) is 5.91 Å². The maximum Gasteiger partial charge on any atom is 0.250 e. The minimum absolute atomic E-state index is 0.101. The van der Waals surface area contributed by atoms with Crippen molar-refractivity contribution in [2.45, 2.75) is 13.8 Å². The van der Waals surface area contributed by atoms with Crippen molar-refractivity contribution >= 4 is 46.0 Å². The second kappa shape index (κ2) is 9.49. The molecule has 0 radical (unpaired) electrons. The molecule has 2 N–H and O–H groups in total. The number of thiazole rings is 1. The number of carbonyl (C=O) groups is 2. The quantitative estimate of drug-likeness (QED) is 0.416. The largest absolute Gasteiger partial charge is 0.290 e. The van der Waals surface area contributed by atoms with Crippen LogP contribution in [0, 0.1) is 12.7 Å². The number of benzene rings is 1. The molecule has 4 rings (SSSR count). The Bertz CT molecular complexity index is 1350. The molecular weight excluding hydrogens is 445 g/mol. The van der Waals surface area contributed by atoms with Gasteiger partial charge in [-0.05, 0) is 37.3 Å². The summed E-state index contributed by atoms with van der Waals surface area (Å²) in [5.74, 6) is -0.856. The molecule has 0 aliphatic rings. The molecule has 166 valence electrons. The van der Waals surface area contributed by atoms with E-state index in [0.717, 1.165) is 17.0 Å². The fraction of sp³-hybridized carbons (Fsp3) is 0.0909. The standard InChI is InChI=1S/C22H18FN7O2S/c1-13-6-5-8-17(24-13)20-27-21(29-28-20)26-19(32)11-10-15-12-33-22(25-15)30(14(2)31)18-9-4-3-7-16(18)23/h3-12H,1-2H3,(H2,26,27,28,29,32)/b11-10+. The molecule has 0 unspecified atom stereocenters. The Labute approximate surface area is 192 Å². The number of aryl methyl sites for hydroxylation is 1. The van der Waals surface area contributed by atoms with E-state index >= 15 is 0 Å². The number of pyridine rings is 1. The van der Waals surface area contributed by atoms with Gasteiger partial charge in [-0.2, -0.15) is 4.98 Å². The van der Waals surface area contributed by atoms with Gasteiger partial charge in [-0.15, -0.1) is 16.4 Å². The van der Waals surface area contributed by atoms with Gasteiger partial charge in [0.1, 0.15) is 11.5 Å². The third-order valence-corrected chi connectivity index (χ3v) is 5.21. The SMILES string of the molecule is CC(=O)N(c1nc(/C=C/C(=O)Nc2n[nH]c(-c3cccc(C)n3)n2)cs1)c1ccccc1F. The van der Waals surface area contributed by atoms with E-state index in [1.807, 2.05) is 19.1 Å². The van der Waals surface area contributed by atoms with Crippen LogP contribution in [0.5, 0.6) is 0 Å². The first-order valence-electron chi connectivity index (χ1n) is 9.77. The van der Waals surface area contributed by atoms with Crippen molar-refractivity contribution in [2.75, 3.05) is 10.2 Å². The number of rotatable bonds is 6. The molecule has 0 fully saturated rings. The number of para-hydroxylation sites is 1. The number of aromatic amines is 1. The van der Waals surface area contributed by atoms with Crippen LogP contribution in [0.3, 0.4) is 0 Å². The third-order valence-electron chi connectivity index (χ3n) is 4.37. The summed E-state index contributed by atoms with van der Waals surface area (Å²) in [5, 5.41) is 11.2. The molecule has 9 nitrogen and oxygen atoms in total. The molecule has 3 aromatic heterocycles. The minimum atomic E-state index is -0.536. The van der Waals surface area contributed by atoms with Crippen molar-refractivity contribution in [3.05, 3.63) is 71.1 Å². The van der Waals surface area contributed by atoms with Gasteiger partial charge in [-0.1, -0.05) is 18.2 Å². The van der Waals surface area contributed by atoms with Gasteiger partial charge in [0.15, 0.2) is 11.0 Å². The highest BCUT2D eigenvalue weighted by atomic mass is 32.1. The summed E-state index contributed by atoms with van der Waals surface area (Å²) in [6.45, 7) is 3.19. The van der Waals surface area contributed by atoms with Gasteiger partial charge in [0, 0.05) is 24.1 Å². The fourth-order valence-electron chi connectivity index (χ4n) is 2.92. The van der Waals surface area contributed by atoms with Gasteiger partial charge in [-0.25, -0.2) is 14.4 Å². The minimum Gasteiger partial charge on any atom is -0.290 e. The lowest BCUT2D eigenvalue weighted by atomic mass is 10.3. The van der Waals surface area contributed by atoms with Crippen LogP contribution in [0.25, 0.3) is 17.6 Å². The molecule has 0 saturated carbocycles. The summed E-state index contributed by atoms with van der Waals surface area (Å²) < 4.78 is 14.2. The number of nitrogens with one attached hydrogen (secondary N) is 2. The lowest BCUT2D eigenvalue weighted by Gasteiger charge is -2.18. The van der Waals surface area contributed by atoms with Crippen LogP contribution in [0.15, 0.2) is 53.9 Å². The number of nitrogens with zero attached hydrogens (tertiary/aromatic N) is 5. The van der Waals surface area contributed by atoms with Crippen molar-refractivity contribution in [3.8, 4) is 11.5 Å². The summed E-state index contributed by atoms with van der Waals surface area (Å²) in [4.78, 5) is 38.5. The highest BCUT2D eigenvalue weighted by molar-refractivity contribution is 7.14. The molecular formula is C22H18FN7O2S. The smallest absolute Gasteiger partial charge is 0.250 e. The normalized spacial score (nSPS) is 11.0. The highest BCUT2D eigenvalue weighted by Gasteiger charge is 2.20. The Hall–Kier alpha value is -4.25. The number of aromatic nitrogens is 5. The van der Waals surface area contributed by atoms with Crippen molar-refractivity contribution in [1.82, 2.24) is 25.1 Å². The second-order valence-electron chi connectivity index (χ2n) is 6.86. The maximum absolute atomic E-state index is 14.2. The second-order valence-corrected chi connectivity index (χ2v) is 7.69.